The maximum absolute atomic E-state index is 11.2. The van der Waals surface area contributed by atoms with Crippen molar-refractivity contribution in [2.45, 2.75) is 26.2 Å². The van der Waals surface area contributed by atoms with Crippen molar-refractivity contribution >= 4 is 17.7 Å². The predicted octanol–water partition coefficient (Wildman–Crippen LogP) is -0.338. The van der Waals surface area contributed by atoms with E-state index in [1.54, 1.807) is 0 Å². The van der Waals surface area contributed by atoms with Gasteiger partial charge in [0.25, 0.3) is 0 Å². The van der Waals surface area contributed by atoms with E-state index < -0.39 is 0 Å². The molecule has 1 aliphatic rings. The molecule has 5 heteroatoms. The van der Waals surface area contributed by atoms with Crippen molar-refractivity contribution < 1.29 is 14.4 Å². The van der Waals surface area contributed by atoms with Gasteiger partial charge in [-0.3, -0.25) is 19.3 Å². The monoisotopic (exact) mass is 198 g/mol. The Morgan fingerprint density at radius 3 is 2.43 bits per heavy atom. The topological polar surface area (TPSA) is 66.5 Å². The molecule has 1 heterocycles. The van der Waals surface area contributed by atoms with Crippen LogP contribution in [-0.2, 0) is 14.4 Å². The first-order chi connectivity index (χ1) is 6.65. The van der Waals surface area contributed by atoms with E-state index in [0.29, 0.717) is 6.54 Å². The first kappa shape index (κ1) is 10.7. The van der Waals surface area contributed by atoms with Gasteiger partial charge in [0, 0.05) is 19.4 Å². The number of hydrogen-bond acceptors (Lipinski definition) is 3. The van der Waals surface area contributed by atoms with E-state index in [1.165, 1.54) is 0 Å². The SMILES string of the molecule is CCCNC(=O)CN1C(=O)CCC1=O. The zero-order valence-electron chi connectivity index (χ0n) is 8.21. The van der Waals surface area contributed by atoms with Crippen molar-refractivity contribution in [1.82, 2.24) is 10.2 Å². The molecule has 1 rings (SSSR count). The number of nitrogens with zero attached hydrogens (tertiary/aromatic N) is 1. The minimum absolute atomic E-state index is 0.127. The fourth-order valence-electron chi connectivity index (χ4n) is 1.26. The number of carbonyl (C=O) groups excluding carboxylic acids is 3. The number of amides is 3. The average Bonchev–Trinajstić information content (AvgIpc) is 2.46. The first-order valence-corrected chi connectivity index (χ1v) is 4.75. The molecule has 0 aromatic heterocycles. The van der Waals surface area contributed by atoms with Crippen LogP contribution in [0.3, 0.4) is 0 Å². The second-order valence-electron chi connectivity index (χ2n) is 3.22. The van der Waals surface area contributed by atoms with Gasteiger partial charge >= 0.3 is 0 Å². The fraction of sp³-hybridized carbons (Fsp3) is 0.667. The summed E-state index contributed by atoms with van der Waals surface area (Å²) < 4.78 is 0. The minimum atomic E-state index is -0.268. The molecule has 0 saturated carbocycles. The van der Waals surface area contributed by atoms with Gasteiger partial charge in [-0.25, -0.2) is 0 Å². The van der Waals surface area contributed by atoms with Gasteiger partial charge in [-0.2, -0.15) is 0 Å². The van der Waals surface area contributed by atoms with Crippen molar-refractivity contribution in [1.29, 1.82) is 0 Å². The summed E-state index contributed by atoms with van der Waals surface area (Å²) in [5, 5.41) is 2.62. The quantitative estimate of drug-likeness (QED) is 0.628. The summed E-state index contributed by atoms with van der Waals surface area (Å²) in [5.41, 5.74) is 0. The highest BCUT2D eigenvalue weighted by molar-refractivity contribution is 6.04. The van der Waals surface area contributed by atoms with Crippen molar-refractivity contribution in [3.8, 4) is 0 Å². The lowest BCUT2D eigenvalue weighted by Gasteiger charge is -2.12. The van der Waals surface area contributed by atoms with Gasteiger partial charge in [0.2, 0.25) is 17.7 Å². The third kappa shape index (κ3) is 2.55. The number of hydrogen-bond donors (Lipinski definition) is 1. The molecule has 1 N–H and O–H groups in total. The first-order valence-electron chi connectivity index (χ1n) is 4.75. The second kappa shape index (κ2) is 4.74. The Labute approximate surface area is 82.4 Å². The Bertz CT molecular complexity index is 247. The van der Waals surface area contributed by atoms with Gasteiger partial charge in [-0.15, -0.1) is 0 Å². The molecular formula is C9H14N2O3. The molecule has 0 aromatic carbocycles. The Hall–Kier alpha value is -1.39. The summed E-state index contributed by atoms with van der Waals surface area (Å²) in [6.07, 6.45) is 1.31. The van der Waals surface area contributed by atoms with Crippen LogP contribution in [0.2, 0.25) is 0 Å². The van der Waals surface area contributed by atoms with Crippen molar-refractivity contribution in [3.63, 3.8) is 0 Å². The lowest BCUT2D eigenvalue weighted by atomic mass is 10.4. The molecule has 0 aliphatic carbocycles. The van der Waals surface area contributed by atoms with E-state index in [2.05, 4.69) is 5.32 Å². The smallest absolute Gasteiger partial charge is 0.240 e. The lowest BCUT2D eigenvalue weighted by Crippen LogP contribution is -2.40. The van der Waals surface area contributed by atoms with E-state index in [0.717, 1.165) is 11.3 Å². The van der Waals surface area contributed by atoms with Crippen molar-refractivity contribution in [3.05, 3.63) is 0 Å². The number of imide groups is 1. The van der Waals surface area contributed by atoms with Crippen LogP contribution in [0.5, 0.6) is 0 Å². The Morgan fingerprint density at radius 1 is 1.36 bits per heavy atom. The van der Waals surface area contributed by atoms with Crippen LogP contribution >= 0.6 is 0 Å². The van der Waals surface area contributed by atoms with Gasteiger partial charge in [0.05, 0.1) is 0 Å². The van der Waals surface area contributed by atoms with Crippen LogP contribution in [0.1, 0.15) is 26.2 Å². The summed E-state index contributed by atoms with van der Waals surface area (Å²) in [4.78, 5) is 34.4. The highest BCUT2D eigenvalue weighted by atomic mass is 16.2. The predicted molar refractivity (Wildman–Crippen MR) is 49.3 cm³/mol. The molecule has 0 bridgehead atoms. The average molecular weight is 198 g/mol. The molecule has 0 spiro atoms. The molecule has 1 saturated heterocycles. The maximum atomic E-state index is 11.2. The molecule has 5 nitrogen and oxygen atoms in total. The molecular weight excluding hydrogens is 184 g/mol. The molecule has 0 atom stereocenters. The zero-order valence-corrected chi connectivity index (χ0v) is 8.21. The Kier molecular flexibility index (Phi) is 3.62. The number of likely N-dealkylation sites (tertiary alicyclic amines) is 1. The van der Waals surface area contributed by atoms with Crippen LogP contribution in [0.4, 0.5) is 0 Å². The summed E-state index contributed by atoms with van der Waals surface area (Å²) in [6, 6.07) is 0. The molecule has 3 amide bonds. The lowest BCUT2D eigenvalue weighted by molar-refractivity contribution is -0.142. The zero-order chi connectivity index (χ0) is 10.6. The largest absolute Gasteiger partial charge is 0.355 e. The van der Waals surface area contributed by atoms with Crippen LogP contribution in [-0.4, -0.2) is 35.7 Å². The van der Waals surface area contributed by atoms with Crippen molar-refractivity contribution in [2.24, 2.45) is 0 Å². The molecule has 0 unspecified atom stereocenters. The molecule has 1 aliphatic heterocycles. The molecule has 1 fully saturated rings. The van der Waals surface area contributed by atoms with E-state index in [9.17, 15) is 14.4 Å². The van der Waals surface area contributed by atoms with Gasteiger partial charge in [0.1, 0.15) is 6.54 Å². The van der Waals surface area contributed by atoms with Crippen LogP contribution in [0, 0.1) is 0 Å². The highest BCUT2D eigenvalue weighted by Gasteiger charge is 2.30. The number of nitrogens with one attached hydrogen (secondary N) is 1. The third-order valence-electron chi connectivity index (χ3n) is 2.03. The van der Waals surface area contributed by atoms with Gasteiger partial charge < -0.3 is 5.32 Å². The number of rotatable bonds is 4. The van der Waals surface area contributed by atoms with Crippen LogP contribution in [0.15, 0.2) is 0 Å². The summed E-state index contributed by atoms with van der Waals surface area (Å²) in [5.74, 6) is -0.765. The Balaban J connectivity index is 2.39. The van der Waals surface area contributed by atoms with E-state index in [-0.39, 0.29) is 37.1 Å². The van der Waals surface area contributed by atoms with Crippen LogP contribution < -0.4 is 5.32 Å². The number of carbonyl (C=O) groups is 3. The second-order valence-corrected chi connectivity index (χ2v) is 3.22. The fourth-order valence-corrected chi connectivity index (χ4v) is 1.26. The third-order valence-corrected chi connectivity index (χ3v) is 2.03. The van der Waals surface area contributed by atoms with Gasteiger partial charge in [-0.1, -0.05) is 6.92 Å². The highest BCUT2D eigenvalue weighted by Crippen LogP contribution is 2.10. The van der Waals surface area contributed by atoms with E-state index in [1.807, 2.05) is 6.92 Å². The van der Waals surface area contributed by atoms with Gasteiger partial charge in [0.15, 0.2) is 0 Å². The molecule has 14 heavy (non-hydrogen) atoms. The standard InChI is InChI=1S/C9H14N2O3/c1-2-5-10-7(12)6-11-8(13)3-4-9(11)14/h2-6H2,1H3,(H,10,12). The molecule has 0 aromatic rings. The summed E-state index contributed by atoms with van der Waals surface area (Å²) in [7, 11) is 0. The normalized spacial score (nSPS) is 16.2. The van der Waals surface area contributed by atoms with E-state index >= 15 is 0 Å². The van der Waals surface area contributed by atoms with Crippen LogP contribution in [0.25, 0.3) is 0 Å². The Morgan fingerprint density at radius 2 is 1.93 bits per heavy atom. The van der Waals surface area contributed by atoms with Crippen molar-refractivity contribution in [2.75, 3.05) is 13.1 Å². The van der Waals surface area contributed by atoms with E-state index in [4.69, 9.17) is 0 Å². The van der Waals surface area contributed by atoms with Gasteiger partial charge in [-0.05, 0) is 6.42 Å². The maximum Gasteiger partial charge on any atom is 0.240 e. The minimum Gasteiger partial charge on any atom is -0.355 e. The summed E-state index contributed by atoms with van der Waals surface area (Å²) in [6.45, 7) is 2.39. The molecule has 0 radical (unpaired) electrons. The molecule has 78 valence electrons. The summed E-state index contributed by atoms with van der Waals surface area (Å²) >= 11 is 0.